The number of aromatic nitrogens is 1. The molecule has 82 valence electrons. The van der Waals surface area contributed by atoms with Gasteiger partial charge in [0.05, 0.1) is 16.8 Å². The van der Waals surface area contributed by atoms with E-state index in [-0.39, 0.29) is 0 Å². The molecule has 0 saturated carbocycles. The number of carbonyl (C=O) groups excluding carboxylic acids is 2. The van der Waals surface area contributed by atoms with Gasteiger partial charge in [-0.2, -0.15) is 0 Å². The minimum absolute atomic E-state index is 0.304. The highest BCUT2D eigenvalue weighted by Gasteiger charge is 2.29. The van der Waals surface area contributed by atoms with Crippen LogP contribution < -0.4 is 0 Å². The zero-order valence-electron chi connectivity index (χ0n) is 8.71. The molecule has 4 heteroatoms. The zero-order valence-corrected chi connectivity index (χ0v) is 8.71. The molecule has 0 aliphatic carbocycles. The van der Waals surface area contributed by atoms with Crippen LogP contribution in [-0.2, 0) is 4.74 Å². The Bertz CT molecular complexity index is 620. The van der Waals surface area contributed by atoms with Gasteiger partial charge in [0.25, 0.3) is 0 Å². The summed E-state index contributed by atoms with van der Waals surface area (Å²) in [5.41, 5.74) is 2.16. The fourth-order valence-corrected chi connectivity index (χ4v) is 1.78. The number of hydrogen-bond donors (Lipinski definition) is 0. The largest absolute Gasteiger partial charge is 0.386 e. The lowest BCUT2D eigenvalue weighted by atomic mass is 10.0. The van der Waals surface area contributed by atoms with Crippen LogP contribution >= 0.6 is 0 Å². The maximum atomic E-state index is 11.4. The van der Waals surface area contributed by atoms with Crippen LogP contribution in [0.25, 0.3) is 11.3 Å². The number of nitrogens with zero attached hydrogens (tertiary/aromatic N) is 1. The van der Waals surface area contributed by atoms with Crippen LogP contribution in [0.3, 0.4) is 0 Å². The van der Waals surface area contributed by atoms with Crippen molar-refractivity contribution in [2.45, 2.75) is 0 Å². The second-order valence-electron chi connectivity index (χ2n) is 3.65. The first-order chi connectivity index (χ1) is 8.25. The molecule has 1 aliphatic heterocycles. The van der Waals surface area contributed by atoms with Crippen LogP contribution in [-0.4, -0.2) is 16.9 Å². The third kappa shape index (κ3) is 1.50. The third-order valence-electron chi connectivity index (χ3n) is 2.61. The quantitative estimate of drug-likeness (QED) is 0.550. The molecular formula is C13H7NO3. The molecule has 2 aromatic rings. The van der Waals surface area contributed by atoms with Gasteiger partial charge < -0.3 is 4.74 Å². The number of carbonyl (C=O) groups is 2. The van der Waals surface area contributed by atoms with Crippen molar-refractivity contribution in [3.05, 3.63) is 53.7 Å². The van der Waals surface area contributed by atoms with E-state index in [1.54, 1.807) is 24.4 Å². The number of benzene rings is 1. The monoisotopic (exact) mass is 225 g/mol. The standard InChI is InChI=1S/C13H7NO3/c15-12-9-5-4-8(7-10(9)13(16)17-12)11-3-1-2-6-14-11/h1-7H. The number of rotatable bonds is 1. The average molecular weight is 225 g/mol. The Labute approximate surface area is 96.9 Å². The molecule has 1 aromatic carbocycles. The van der Waals surface area contributed by atoms with Gasteiger partial charge in [-0.25, -0.2) is 9.59 Å². The van der Waals surface area contributed by atoms with Gasteiger partial charge in [0.15, 0.2) is 0 Å². The summed E-state index contributed by atoms with van der Waals surface area (Å²) in [5, 5.41) is 0. The lowest BCUT2D eigenvalue weighted by Gasteiger charge is -2.00. The maximum Gasteiger partial charge on any atom is 0.346 e. The molecule has 4 nitrogen and oxygen atoms in total. The van der Waals surface area contributed by atoms with Crippen molar-refractivity contribution in [2.75, 3.05) is 0 Å². The lowest BCUT2D eigenvalue weighted by Crippen LogP contribution is -1.96. The highest BCUT2D eigenvalue weighted by Crippen LogP contribution is 2.25. The van der Waals surface area contributed by atoms with Gasteiger partial charge in [0, 0.05) is 11.8 Å². The van der Waals surface area contributed by atoms with Crippen LogP contribution in [0, 0.1) is 0 Å². The van der Waals surface area contributed by atoms with E-state index >= 15 is 0 Å². The van der Waals surface area contributed by atoms with Crippen molar-refractivity contribution in [1.29, 1.82) is 0 Å². The first-order valence-electron chi connectivity index (χ1n) is 5.08. The summed E-state index contributed by atoms with van der Waals surface area (Å²) in [5.74, 6) is -1.18. The number of fused-ring (bicyclic) bond motifs is 1. The van der Waals surface area contributed by atoms with Gasteiger partial charge in [-0.1, -0.05) is 12.1 Å². The molecule has 3 rings (SSSR count). The number of esters is 2. The fraction of sp³-hybridized carbons (Fsp3) is 0. The second kappa shape index (κ2) is 3.52. The summed E-state index contributed by atoms with van der Waals surface area (Å²) >= 11 is 0. The predicted molar refractivity (Wildman–Crippen MR) is 59.4 cm³/mol. The van der Waals surface area contributed by atoms with Crippen LogP contribution in [0.1, 0.15) is 20.7 Å². The second-order valence-corrected chi connectivity index (χ2v) is 3.65. The van der Waals surface area contributed by atoms with Gasteiger partial charge in [-0.05, 0) is 24.3 Å². The van der Waals surface area contributed by atoms with Crippen molar-refractivity contribution < 1.29 is 14.3 Å². The molecule has 0 saturated heterocycles. The molecule has 17 heavy (non-hydrogen) atoms. The zero-order chi connectivity index (χ0) is 11.8. The van der Waals surface area contributed by atoms with Crippen molar-refractivity contribution in [2.24, 2.45) is 0 Å². The lowest BCUT2D eigenvalue weighted by molar-refractivity contribution is 0.0444. The summed E-state index contributed by atoms with van der Waals surface area (Å²) < 4.78 is 4.52. The SMILES string of the molecule is O=C1OC(=O)c2cc(-c3ccccn3)ccc21. The van der Waals surface area contributed by atoms with E-state index in [1.807, 2.05) is 18.2 Å². The van der Waals surface area contributed by atoms with Crippen LogP contribution in [0.5, 0.6) is 0 Å². The number of hydrogen-bond acceptors (Lipinski definition) is 4. The summed E-state index contributed by atoms with van der Waals surface area (Å²) in [6.45, 7) is 0. The molecule has 0 N–H and O–H groups in total. The normalized spacial score (nSPS) is 13.4. The summed E-state index contributed by atoms with van der Waals surface area (Å²) in [6, 6.07) is 10.5. The van der Waals surface area contributed by atoms with Crippen LogP contribution in [0.4, 0.5) is 0 Å². The Morgan fingerprint density at radius 3 is 2.53 bits per heavy atom. The van der Waals surface area contributed by atoms with E-state index in [0.29, 0.717) is 11.1 Å². The predicted octanol–water partition coefficient (Wildman–Crippen LogP) is 2.06. The van der Waals surface area contributed by atoms with Crippen LogP contribution in [0.15, 0.2) is 42.6 Å². The number of ether oxygens (including phenoxy) is 1. The average Bonchev–Trinajstić information content (AvgIpc) is 2.66. The van der Waals surface area contributed by atoms with Crippen molar-refractivity contribution >= 4 is 11.9 Å². The fourth-order valence-electron chi connectivity index (χ4n) is 1.78. The maximum absolute atomic E-state index is 11.4. The molecule has 0 fully saturated rings. The summed E-state index contributed by atoms with van der Waals surface area (Å²) in [7, 11) is 0. The molecule has 0 spiro atoms. The Hall–Kier alpha value is -2.49. The Kier molecular flexibility index (Phi) is 2.01. The molecule has 0 unspecified atom stereocenters. The van der Waals surface area contributed by atoms with E-state index in [2.05, 4.69) is 9.72 Å². The topological polar surface area (TPSA) is 56.3 Å². The summed E-state index contributed by atoms with van der Waals surface area (Å²) in [4.78, 5) is 26.8. The molecule has 1 aliphatic rings. The van der Waals surface area contributed by atoms with Gasteiger partial charge in [0.1, 0.15) is 0 Å². The van der Waals surface area contributed by atoms with E-state index in [1.165, 1.54) is 0 Å². The van der Waals surface area contributed by atoms with Crippen molar-refractivity contribution in [3.63, 3.8) is 0 Å². The minimum Gasteiger partial charge on any atom is -0.386 e. The first kappa shape index (κ1) is 9.72. The number of pyridine rings is 1. The molecule has 0 amide bonds. The van der Waals surface area contributed by atoms with E-state index in [0.717, 1.165) is 11.3 Å². The van der Waals surface area contributed by atoms with E-state index < -0.39 is 11.9 Å². The summed E-state index contributed by atoms with van der Waals surface area (Å²) in [6.07, 6.45) is 1.67. The highest BCUT2D eigenvalue weighted by molar-refractivity contribution is 6.15. The van der Waals surface area contributed by atoms with Crippen molar-refractivity contribution in [3.8, 4) is 11.3 Å². The Morgan fingerprint density at radius 1 is 0.941 bits per heavy atom. The van der Waals surface area contributed by atoms with Gasteiger partial charge in [0.2, 0.25) is 0 Å². The van der Waals surface area contributed by atoms with Gasteiger partial charge in [-0.15, -0.1) is 0 Å². The smallest absolute Gasteiger partial charge is 0.346 e. The van der Waals surface area contributed by atoms with Crippen LogP contribution in [0.2, 0.25) is 0 Å². The van der Waals surface area contributed by atoms with Gasteiger partial charge >= 0.3 is 11.9 Å². The first-order valence-corrected chi connectivity index (χ1v) is 5.08. The third-order valence-corrected chi connectivity index (χ3v) is 2.61. The molecule has 2 heterocycles. The number of cyclic esters (lactones) is 2. The van der Waals surface area contributed by atoms with E-state index in [4.69, 9.17) is 0 Å². The molecule has 0 bridgehead atoms. The molecule has 0 atom stereocenters. The minimum atomic E-state index is -0.595. The Balaban J connectivity index is 2.15. The van der Waals surface area contributed by atoms with Crippen molar-refractivity contribution in [1.82, 2.24) is 4.98 Å². The Morgan fingerprint density at radius 2 is 1.76 bits per heavy atom. The molecular weight excluding hydrogens is 218 g/mol. The van der Waals surface area contributed by atoms with Gasteiger partial charge in [-0.3, -0.25) is 4.98 Å². The highest BCUT2D eigenvalue weighted by atomic mass is 16.6. The molecule has 0 radical (unpaired) electrons. The van der Waals surface area contributed by atoms with E-state index in [9.17, 15) is 9.59 Å². The molecule has 1 aromatic heterocycles.